The van der Waals surface area contributed by atoms with Gasteiger partial charge in [0.2, 0.25) is 5.91 Å². The maximum Gasteiger partial charge on any atom is 0.228 e. The van der Waals surface area contributed by atoms with Crippen molar-refractivity contribution >= 4 is 23.2 Å². The number of fused-ring (bicyclic) bond motifs is 1. The Labute approximate surface area is 200 Å². The van der Waals surface area contributed by atoms with Gasteiger partial charge in [-0.3, -0.25) is 14.4 Å². The number of anilines is 1. The molecule has 1 N–H and O–H groups in total. The molecule has 0 unspecified atom stereocenters. The second-order valence-electron chi connectivity index (χ2n) is 9.86. The second kappa shape index (κ2) is 9.69. The van der Waals surface area contributed by atoms with E-state index in [4.69, 9.17) is 16.1 Å². The van der Waals surface area contributed by atoms with E-state index in [0.29, 0.717) is 34.1 Å². The highest BCUT2D eigenvalue weighted by atomic mass is 35.5. The molecule has 0 aliphatic carbocycles. The second-order valence-corrected chi connectivity index (χ2v) is 10.2. The van der Waals surface area contributed by atoms with E-state index in [1.807, 2.05) is 13.0 Å². The lowest BCUT2D eigenvalue weighted by atomic mass is 9.91. The predicted octanol–water partition coefficient (Wildman–Crippen LogP) is 5.19. The van der Waals surface area contributed by atoms with Crippen molar-refractivity contribution in [1.29, 1.82) is 0 Å². The summed E-state index contributed by atoms with van der Waals surface area (Å²) in [4.78, 5) is 15.4. The normalized spacial score (nSPS) is 14.3. The molecule has 3 aromatic rings. The maximum atomic E-state index is 12.9. The van der Waals surface area contributed by atoms with Crippen molar-refractivity contribution in [3.63, 3.8) is 0 Å². The minimum atomic E-state index is -0.139. The topological polar surface area (TPSA) is 76.2 Å². The minimum Gasteiger partial charge on any atom is -0.364 e. The number of carbonyl (C=O) groups is 1. The Hall–Kier alpha value is -2.64. The monoisotopic (exact) mass is 469 g/mol. The van der Waals surface area contributed by atoms with Gasteiger partial charge < -0.3 is 9.84 Å². The number of aryl methyl sites for hydroxylation is 1. The summed E-state index contributed by atoms with van der Waals surface area (Å²) in [6.07, 6.45) is 3.77. The van der Waals surface area contributed by atoms with Gasteiger partial charge in [-0.05, 0) is 55.0 Å². The first-order valence-corrected chi connectivity index (χ1v) is 11.9. The lowest BCUT2D eigenvalue weighted by molar-refractivity contribution is -0.115. The van der Waals surface area contributed by atoms with E-state index in [-0.39, 0.29) is 12.3 Å². The van der Waals surface area contributed by atoms with Crippen LogP contribution in [0.5, 0.6) is 0 Å². The van der Waals surface area contributed by atoms with Crippen LogP contribution in [0.3, 0.4) is 0 Å². The number of benzene rings is 1. The fourth-order valence-electron chi connectivity index (χ4n) is 4.12. The van der Waals surface area contributed by atoms with E-state index in [9.17, 15) is 4.79 Å². The molecule has 0 fully saturated rings. The van der Waals surface area contributed by atoms with Crippen molar-refractivity contribution in [2.75, 3.05) is 18.4 Å². The van der Waals surface area contributed by atoms with Crippen molar-refractivity contribution in [2.24, 2.45) is 5.41 Å². The average molecular weight is 470 g/mol. The number of rotatable bonds is 7. The fraction of sp³-hybridized carbons (Fsp3) is 0.480. The van der Waals surface area contributed by atoms with Gasteiger partial charge in [0.25, 0.3) is 0 Å². The Morgan fingerprint density at radius 1 is 1.24 bits per heavy atom. The SMILES string of the molecule is CCn1nc(-c2ccon2)c(CC(=O)Nc2ccc3c(c2)CCN(CCC(C)(C)C)C3)c1Cl. The Kier molecular flexibility index (Phi) is 6.91. The standard InChI is InChI=1S/C25H32ClN5O2/c1-5-31-24(26)20(23(28-31)21-9-13-33-29-21)15-22(32)27-19-7-6-18-16-30(11-8-17(18)14-19)12-10-25(2,3)4/h6-7,9,13-14H,5,8,10-12,15-16H2,1-4H3,(H,27,32). The van der Waals surface area contributed by atoms with Crippen molar-refractivity contribution in [1.82, 2.24) is 19.8 Å². The summed E-state index contributed by atoms with van der Waals surface area (Å²) in [5.74, 6) is -0.139. The molecule has 8 heteroatoms. The van der Waals surface area contributed by atoms with Crippen LogP contribution in [-0.2, 0) is 30.7 Å². The van der Waals surface area contributed by atoms with E-state index in [1.54, 1.807) is 10.7 Å². The Morgan fingerprint density at radius 3 is 2.76 bits per heavy atom. The summed E-state index contributed by atoms with van der Waals surface area (Å²) in [6, 6.07) is 7.94. The summed E-state index contributed by atoms with van der Waals surface area (Å²) in [5, 5.41) is 11.9. The Balaban J connectivity index is 1.43. The van der Waals surface area contributed by atoms with Crippen LogP contribution >= 0.6 is 11.6 Å². The molecule has 0 radical (unpaired) electrons. The molecule has 0 saturated carbocycles. The number of nitrogens with zero attached hydrogens (tertiary/aromatic N) is 4. The summed E-state index contributed by atoms with van der Waals surface area (Å²) < 4.78 is 6.62. The minimum absolute atomic E-state index is 0.110. The number of aromatic nitrogens is 3. The molecule has 3 heterocycles. The van der Waals surface area contributed by atoms with Gasteiger partial charge in [0.1, 0.15) is 22.8 Å². The Bertz CT molecular complexity index is 1110. The van der Waals surface area contributed by atoms with Crippen LogP contribution in [0, 0.1) is 5.41 Å². The van der Waals surface area contributed by atoms with Crippen molar-refractivity contribution in [3.05, 3.63) is 52.4 Å². The molecule has 0 atom stereocenters. The summed E-state index contributed by atoms with van der Waals surface area (Å²) >= 11 is 6.51. The summed E-state index contributed by atoms with van der Waals surface area (Å²) in [5.41, 5.74) is 5.59. The van der Waals surface area contributed by atoms with E-state index in [0.717, 1.165) is 31.7 Å². The highest BCUT2D eigenvalue weighted by molar-refractivity contribution is 6.31. The molecule has 1 amide bonds. The number of hydrogen-bond donors (Lipinski definition) is 1. The molecular formula is C25H32ClN5O2. The van der Waals surface area contributed by atoms with Crippen LogP contribution in [0.25, 0.3) is 11.4 Å². The van der Waals surface area contributed by atoms with Crippen LogP contribution in [0.1, 0.15) is 50.8 Å². The summed E-state index contributed by atoms with van der Waals surface area (Å²) in [6.45, 7) is 12.5. The largest absolute Gasteiger partial charge is 0.364 e. The molecule has 0 bridgehead atoms. The maximum absolute atomic E-state index is 12.9. The molecular weight excluding hydrogens is 438 g/mol. The number of hydrogen-bond acceptors (Lipinski definition) is 5. The third kappa shape index (κ3) is 5.65. The first-order valence-electron chi connectivity index (χ1n) is 11.5. The molecule has 33 heavy (non-hydrogen) atoms. The molecule has 1 aliphatic heterocycles. The van der Waals surface area contributed by atoms with Crippen LogP contribution in [0.4, 0.5) is 5.69 Å². The van der Waals surface area contributed by atoms with E-state index in [2.05, 4.69) is 53.4 Å². The van der Waals surface area contributed by atoms with Crippen LogP contribution in [0.2, 0.25) is 5.15 Å². The van der Waals surface area contributed by atoms with Gasteiger partial charge in [-0.25, -0.2) is 0 Å². The first-order chi connectivity index (χ1) is 15.7. The third-order valence-corrected chi connectivity index (χ3v) is 6.48. The van der Waals surface area contributed by atoms with Crippen molar-refractivity contribution < 1.29 is 9.32 Å². The highest BCUT2D eigenvalue weighted by Gasteiger charge is 2.23. The molecule has 1 aliphatic rings. The van der Waals surface area contributed by atoms with E-state index >= 15 is 0 Å². The quantitative estimate of drug-likeness (QED) is 0.515. The molecule has 1 aromatic carbocycles. The smallest absolute Gasteiger partial charge is 0.228 e. The number of amides is 1. The van der Waals surface area contributed by atoms with Gasteiger partial charge in [0.05, 0.1) is 6.42 Å². The van der Waals surface area contributed by atoms with Crippen molar-refractivity contribution in [3.8, 4) is 11.4 Å². The molecule has 4 rings (SSSR count). The number of halogens is 1. The number of nitrogens with one attached hydrogen (secondary N) is 1. The van der Waals surface area contributed by atoms with Gasteiger partial charge in [-0.15, -0.1) is 0 Å². The average Bonchev–Trinajstić information content (AvgIpc) is 3.40. The zero-order chi connectivity index (χ0) is 23.6. The fourth-order valence-corrected chi connectivity index (χ4v) is 4.44. The first kappa shape index (κ1) is 23.5. The lowest BCUT2D eigenvalue weighted by Gasteiger charge is -2.31. The van der Waals surface area contributed by atoms with Crippen LogP contribution in [-0.4, -0.2) is 38.8 Å². The van der Waals surface area contributed by atoms with Gasteiger partial charge in [0, 0.05) is 37.0 Å². The molecule has 0 saturated heterocycles. The van der Waals surface area contributed by atoms with Gasteiger partial charge in [-0.2, -0.15) is 5.10 Å². The van der Waals surface area contributed by atoms with Crippen LogP contribution < -0.4 is 5.32 Å². The van der Waals surface area contributed by atoms with Gasteiger partial charge >= 0.3 is 0 Å². The van der Waals surface area contributed by atoms with Crippen LogP contribution in [0.15, 0.2) is 35.1 Å². The Morgan fingerprint density at radius 2 is 2.06 bits per heavy atom. The van der Waals surface area contributed by atoms with E-state index in [1.165, 1.54) is 23.8 Å². The van der Waals surface area contributed by atoms with E-state index < -0.39 is 0 Å². The zero-order valence-electron chi connectivity index (χ0n) is 19.8. The lowest BCUT2D eigenvalue weighted by Crippen LogP contribution is -2.33. The van der Waals surface area contributed by atoms with Crippen molar-refractivity contribution in [2.45, 2.75) is 60.0 Å². The highest BCUT2D eigenvalue weighted by Crippen LogP contribution is 2.29. The molecule has 7 nitrogen and oxygen atoms in total. The van der Waals surface area contributed by atoms with Gasteiger partial charge in [0.15, 0.2) is 0 Å². The zero-order valence-corrected chi connectivity index (χ0v) is 20.6. The molecule has 0 spiro atoms. The molecule has 176 valence electrons. The molecule has 2 aromatic heterocycles. The number of carbonyl (C=O) groups excluding carboxylic acids is 1. The summed E-state index contributed by atoms with van der Waals surface area (Å²) in [7, 11) is 0. The predicted molar refractivity (Wildman–Crippen MR) is 130 cm³/mol. The third-order valence-electron chi connectivity index (χ3n) is 6.06. The van der Waals surface area contributed by atoms with Gasteiger partial charge in [-0.1, -0.05) is 43.6 Å².